The van der Waals surface area contributed by atoms with Crippen molar-refractivity contribution in [2.75, 3.05) is 24.6 Å². The number of hydrogen-bond acceptors (Lipinski definition) is 3. The third-order valence-corrected chi connectivity index (χ3v) is 3.14. The molecule has 1 aliphatic heterocycles. The molecule has 0 unspecified atom stereocenters. The summed E-state index contributed by atoms with van der Waals surface area (Å²) >= 11 is 0. The topological polar surface area (TPSA) is 47.3 Å². The second kappa shape index (κ2) is 5.00. The van der Waals surface area contributed by atoms with E-state index in [0.717, 1.165) is 31.6 Å². The van der Waals surface area contributed by atoms with Crippen LogP contribution in [0.1, 0.15) is 18.4 Å². The highest BCUT2D eigenvalue weighted by Gasteiger charge is 2.19. The van der Waals surface area contributed by atoms with Crippen molar-refractivity contribution >= 4 is 5.69 Å². The summed E-state index contributed by atoms with van der Waals surface area (Å²) < 4.78 is 0. The van der Waals surface area contributed by atoms with Gasteiger partial charge in [-0.1, -0.05) is 0 Å². The Bertz CT molecular complexity index is 380. The minimum absolute atomic E-state index is 0.271. The number of rotatable bonds is 2. The molecule has 3 heteroatoms. The SMILES string of the molecule is N#Cc1ccc(N2CCC[C@@H](CO)C2)cc1. The van der Waals surface area contributed by atoms with E-state index in [2.05, 4.69) is 11.0 Å². The Morgan fingerprint density at radius 1 is 1.38 bits per heavy atom. The van der Waals surface area contributed by atoms with E-state index in [1.54, 1.807) is 0 Å². The fourth-order valence-corrected chi connectivity index (χ4v) is 2.20. The fourth-order valence-electron chi connectivity index (χ4n) is 2.20. The lowest BCUT2D eigenvalue weighted by Gasteiger charge is -2.33. The summed E-state index contributed by atoms with van der Waals surface area (Å²) in [6.07, 6.45) is 2.24. The van der Waals surface area contributed by atoms with E-state index in [0.29, 0.717) is 11.5 Å². The molecule has 0 bridgehead atoms. The van der Waals surface area contributed by atoms with Crippen LogP contribution in [0.5, 0.6) is 0 Å². The van der Waals surface area contributed by atoms with Gasteiger partial charge in [0.05, 0.1) is 11.6 Å². The smallest absolute Gasteiger partial charge is 0.0991 e. The fraction of sp³-hybridized carbons (Fsp3) is 0.462. The Morgan fingerprint density at radius 2 is 2.12 bits per heavy atom. The van der Waals surface area contributed by atoms with Gasteiger partial charge >= 0.3 is 0 Å². The number of aliphatic hydroxyl groups is 1. The summed E-state index contributed by atoms with van der Waals surface area (Å²) in [5, 5.41) is 17.9. The minimum atomic E-state index is 0.271. The molecule has 1 atom stereocenters. The molecule has 1 N–H and O–H groups in total. The Morgan fingerprint density at radius 3 is 2.75 bits per heavy atom. The molecule has 0 saturated carbocycles. The molecule has 84 valence electrons. The van der Waals surface area contributed by atoms with Crippen molar-refractivity contribution in [1.29, 1.82) is 5.26 Å². The van der Waals surface area contributed by atoms with Crippen LogP contribution in [0.25, 0.3) is 0 Å². The highest BCUT2D eigenvalue weighted by molar-refractivity contribution is 5.50. The molecule has 16 heavy (non-hydrogen) atoms. The number of anilines is 1. The predicted molar refractivity (Wildman–Crippen MR) is 63.2 cm³/mol. The first-order valence-electron chi connectivity index (χ1n) is 5.69. The highest BCUT2D eigenvalue weighted by Crippen LogP contribution is 2.23. The average molecular weight is 216 g/mol. The lowest BCUT2D eigenvalue weighted by molar-refractivity contribution is 0.209. The summed E-state index contributed by atoms with van der Waals surface area (Å²) in [6, 6.07) is 9.78. The van der Waals surface area contributed by atoms with Crippen LogP contribution in [-0.2, 0) is 0 Å². The van der Waals surface area contributed by atoms with Crippen LogP contribution in [0.2, 0.25) is 0 Å². The Kier molecular flexibility index (Phi) is 3.43. The van der Waals surface area contributed by atoms with Crippen LogP contribution in [0.4, 0.5) is 5.69 Å². The number of hydrogen-bond donors (Lipinski definition) is 1. The van der Waals surface area contributed by atoms with Gasteiger partial charge in [0.15, 0.2) is 0 Å². The molecule has 0 amide bonds. The number of nitriles is 1. The zero-order chi connectivity index (χ0) is 11.4. The predicted octanol–water partition coefficient (Wildman–Crippen LogP) is 1.77. The summed E-state index contributed by atoms with van der Waals surface area (Å²) in [6.45, 7) is 2.23. The monoisotopic (exact) mass is 216 g/mol. The van der Waals surface area contributed by atoms with E-state index in [4.69, 9.17) is 10.4 Å². The average Bonchev–Trinajstić information content (AvgIpc) is 2.39. The first-order chi connectivity index (χ1) is 7.83. The first kappa shape index (κ1) is 11.0. The molecule has 1 aromatic rings. The number of piperidine rings is 1. The third-order valence-electron chi connectivity index (χ3n) is 3.14. The van der Waals surface area contributed by atoms with Crippen molar-refractivity contribution in [3.05, 3.63) is 29.8 Å². The van der Waals surface area contributed by atoms with E-state index in [-0.39, 0.29) is 6.61 Å². The van der Waals surface area contributed by atoms with Gasteiger partial charge in [-0.05, 0) is 43.0 Å². The standard InChI is InChI=1S/C13H16N2O/c14-8-11-3-5-13(6-4-11)15-7-1-2-12(9-15)10-16/h3-6,12,16H,1-2,7,9-10H2/t12-/m1/s1. The number of aliphatic hydroxyl groups excluding tert-OH is 1. The van der Waals surface area contributed by atoms with Gasteiger partial charge in [-0.3, -0.25) is 0 Å². The summed E-state index contributed by atoms with van der Waals surface area (Å²) in [5.41, 5.74) is 1.84. The van der Waals surface area contributed by atoms with E-state index in [1.807, 2.05) is 24.3 Å². The Balaban J connectivity index is 2.08. The van der Waals surface area contributed by atoms with Gasteiger partial charge in [0, 0.05) is 25.4 Å². The summed E-state index contributed by atoms with van der Waals surface area (Å²) in [4.78, 5) is 2.28. The Labute approximate surface area is 95.9 Å². The van der Waals surface area contributed by atoms with Gasteiger partial charge in [0.2, 0.25) is 0 Å². The van der Waals surface area contributed by atoms with Gasteiger partial charge in [-0.15, -0.1) is 0 Å². The van der Waals surface area contributed by atoms with Crippen molar-refractivity contribution in [2.24, 2.45) is 5.92 Å². The third kappa shape index (κ3) is 2.34. The van der Waals surface area contributed by atoms with E-state index in [9.17, 15) is 0 Å². The second-order valence-electron chi connectivity index (χ2n) is 4.30. The maximum Gasteiger partial charge on any atom is 0.0991 e. The molecule has 0 radical (unpaired) electrons. The van der Waals surface area contributed by atoms with Crippen molar-refractivity contribution in [3.63, 3.8) is 0 Å². The van der Waals surface area contributed by atoms with Crippen LogP contribution in [-0.4, -0.2) is 24.8 Å². The van der Waals surface area contributed by atoms with Crippen molar-refractivity contribution in [2.45, 2.75) is 12.8 Å². The molecule has 1 heterocycles. The lowest BCUT2D eigenvalue weighted by Crippen LogP contribution is -2.36. The molecule has 2 rings (SSSR count). The summed E-state index contributed by atoms with van der Waals surface area (Å²) in [5.74, 6) is 0.393. The lowest BCUT2D eigenvalue weighted by atomic mass is 9.98. The first-order valence-corrected chi connectivity index (χ1v) is 5.69. The van der Waals surface area contributed by atoms with Crippen molar-refractivity contribution < 1.29 is 5.11 Å². The summed E-state index contributed by atoms with van der Waals surface area (Å²) in [7, 11) is 0. The van der Waals surface area contributed by atoms with Crippen LogP contribution >= 0.6 is 0 Å². The normalized spacial score (nSPS) is 20.5. The van der Waals surface area contributed by atoms with E-state index >= 15 is 0 Å². The minimum Gasteiger partial charge on any atom is -0.396 e. The molecular weight excluding hydrogens is 200 g/mol. The van der Waals surface area contributed by atoms with E-state index in [1.165, 1.54) is 0 Å². The molecule has 0 aliphatic carbocycles. The quantitative estimate of drug-likeness (QED) is 0.819. The Hall–Kier alpha value is -1.53. The van der Waals surface area contributed by atoms with Crippen molar-refractivity contribution in [1.82, 2.24) is 0 Å². The highest BCUT2D eigenvalue weighted by atomic mass is 16.3. The van der Waals surface area contributed by atoms with Gasteiger partial charge in [0.1, 0.15) is 0 Å². The second-order valence-corrected chi connectivity index (χ2v) is 4.30. The maximum atomic E-state index is 9.17. The zero-order valence-corrected chi connectivity index (χ0v) is 9.26. The largest absolute Gasteiger partial charge is 0.396 e. The number of benzene rings is 1. The van der Waals surface area contributed by atoms with Crippen LogP contribution < -0.4 is 4.90 Å². The van der Waals surface area contributed by atoms with Crippen LogP contribution in [0, 0.1) is 17.2 Å². The molecule has 1 fully saturated rings. The molecule has 0 spiro atoms. The molecule has 1 aromatic carbocycles. The van der Waals surface area contributed by atoms with Crippen LogP contribution in [0.15, 0.2) is 24.3 Å². The molecular formula is C13H16N2O. The maximum absolute atomic E-state index is 9.17. The molecule has 3 nitrogen and oxygen atoms in total. The molecule has 1 saturated heterocycles. The zero-order valence-electron chi connectivity index (χ0n) is 9.26. The van der Waals surface area contributed by atoms with E-state index < -0.39 is 0 Å². The van der Waals surface area contributed by atoms with Crippen LogP contribution in [0.3, 0.4) is 0 Å². The molecule has 0 aromatic heterocycles. The van der Waals surface area contributed by atoms with Gasteiger partial charge < -0.3 is 10.0 Å². The van der Waals surface area contributed by atoms with Gasteiger partial charge in [-0.2, -0.15) is 5.26 Å². The van der Waals surface area contributed by atoms with Gasteiger partial charge in [0.25, 0.3) is 0 Å². The molecule has 1 aliphatic rings. The van der Waals surface area contributed by atoms with Crippen molar-refractivity contribution in [3.8, 4) is 6.07 Å². The number of nitrogens with zero attached hydrogens (tertiary/aromatic N) is 2. The van der Waals surface area contributed by atoms with Gasteiger partial charge in [-0.25, -0.2) is 0 Å².